The molecular weight excluding hydrogens is 362 g/mol. The summed E-state index contributed by atoms with van der Waals surface area (Å²) in [5.74, 6) is 0.557. The number of methoxy groups -OCH3 is 1. The van der Waals surface area contributed by atoms with Crippen LogP contribution in [0.4, 0.5) is 0 Å². The maximum Gasteiger partial charge on any atom is 0.243 e. The highest BCUT2D eigenvalue weighted by Crippen LogP contribution is 2.21. The number of nitrogens with two attached hydrogens (primary N) is 1. The number of benzene rings is 1. The summed E-state index contributed by atoms with van der Waals surface area (Å²) in [7, 11) is -1.86. The van der Waals surface area contributed by atoms with Crippen LogP contribution in [0, 0.1) is 0 Å². The Bertz CT molecular complexity index is 688. The zero-order valence-electron chi connectivity index (χ0n) is 14.6. The summed E-state index contributed by atoms with van der Waals surface area (Å²) in [4.78, 5) is 4.62. The van der Waals surface area contributed by atoms with Gasteiger partial charge >= 0.3 is 0 Å². The minimum Gasteiger partial charge on any atom is -0.382 e. The Kier molecular flexibility index (Phi) is 7.70. The van der Waals surface area contributed by atoms with Crippen LogP contribution in [0.15, 0.2) is 34.2 Å². The van der Waals surface area contributed by atoms with E-state index in [1.54, 1.807) is 25.3 Å². The molecule has 0 unspecified atom stereocenters. The first-order chi connectivity index (χ1) is 11.9. The van der Waals surface area contributed by atoms with Crippen molar-refractivity contribution in [2.75, 3.05) is 40.0 Å². The Morgan fingerprint density at radius 3 is 2.84 bits per heavy atom. The van der Waals surface area contributed by atoms with E-state index in [9.17, 15) is 8.42 Å². The molecule has 9 heteroatoms. The van der Waals surface area contributed by atoms with E-state index in [0.29, 0.717) is 48.7 Å². The average Bonchev–Trinajstić information content (AvgIpc) is 2.61. The first-order valence-corrected chi connectivity index (χ1v) is 10.5. The highest BCUT2D eigenvalue weighted by Gasteiger charge is 2.26. The Morgan fingerprint density at radius 2 is 2.16 bits per heavy atom. The van der Waals surface area contributed by atoms with E-state index >= 15 is 0 Å². The van der Waals surface area contributed by atoms with E-state index in [-0.39, 0.29) is 6.04 Å². The van der Waals surface area contributed by atoms with Gasteiger partial charge in [0.25, 0.3) is 0 Å². The third-order valence-electron chi connectivity index (χ3n) is 3.65. The first kappa shape index (κ1) is 20.2. The number of amidine groups is 1. The summed E-state index contributed by atoms with van der Waals surface area (Å²) in [6.45, 7) is 4.07. The molecule has 2 rings (SSSR count). The number of thioether (sulfide) groups is 1. The lowest BCUT2D eigenvalue weighted by atomic mass is 10.2. The van der Waals surface area contributed by atoms with Crippen LogP contribution >= 0.6 is 11.8 Å². The van der Waals surface area contributed by atoms with Gasteiger partial charge in [-0.2, -0.15) is 4.31 Å². The standard InChI is InChI=1S/C16H25N3O4S2/c1-13(11-22-2)18-16(17)24-12-14-4-3-5-15(10-14)25(20,21)19-6-8-23-9-7-19/h3-5,10,13H,6-9,11-12H2,1-2H3,(H2,17,18)/t13-/m1/s1. The van der Waals surface area contributed by atoms with Crippen molar-refractivity contribution < 1.29 is 17.9 Å². The zero-order chi connectivity index (χ0) is 18.3. The van der Waals surface area contributed by atoms with Crippen molar-refractivity contribution in [2.45, 2.75) is 23.6 Å². The third kappa shape index (κ3) is 5.96. The molecular formula is C16H25N3O4S2. The molecule has 0 amide bonds. The van der Waals surface area contributed by atoms with Crippen molar-refractivity contribution in [1.82, 2.24) is 4.31 Å². The molecule has 25 heavy (non-hydrogen) atoms. The molecule has 1 aliphatic rings. The maximum absolute atomic E-state index is 12.7. The van der Waals surface area contributed by atoms with Crippen LogP contribution in [0.1, 0.15) is 12.5 Å². The molecule has 1 fully saturated rings. The van der Waals surface area contributed by atoms with Gasteiger partial charge in [0.15, 0.2) is 5.17 Å². The van der Waals surface area contributed by atoms with Crippen LogP contribution in [0.25, 0.3) is 0 Å². The van der Waals surface area contributed by atoms with Crippen molar-refractivity contribution in [3.8, 4) is 0 Å². The molecule has 0 aromatic heterocycles. The van der Waals surface area contributed by atoms with Crippen molar-refractivity contribution in [3.63, 3.8) is 0 Å². The van der Waals surface area contributed by atoms with Gasteiger partial charge in [0, 0.05) is 26.0 Å². The van der Waals surface area contributed by atoms with Gasteiger partial charge in [0.1, 0.15) is 0 Å². The number of nitrogens with zero attached hydrogens (tertiary/aromatic N) is 2. The van der Waals surface area contributed by atoms with E-state index in [0.717, 1.165) is 5.56 Å². The van der Waals surface area contributed by atoms with E-state index in [4.69, 9.17) is 15.2 Å². The SMILES string of the molecule is COC[C@@H](C)N=C(N)SCc1cccc(S(=O)(=O)N2CCOCC2)c1. The van der Waals surface area contributed by atoms with Crippen molar-refractivity contribution in [1.29, 1.82) is 0 Å². The Labute approximate surface area is 153 Å². The van der Waals surface area contributed by atoms with Crippen LogP contribution in [0.2, 0.25) is 0 Å². The minimum absolute atomic E-state index is 0.00877. The number of morpholine rings is 1. The molecule has 0 bridgehead atoms. The Hall–Kier alpha value is -1.13. The van der Waals surface area contributed by atoms with E-state index in [2.05, 4.69) is 4.99 Å². The lowest BCUT2D eigenvalue weighted by Gasteiger charge is -2.26. The largest absolute Gasteiger partial charge is 0.382 e. The summed E-state index contributed by atoms with van der Waals surface area (Å²) in [5, 5.41) is 0.464. The van der Waals surface area contributed by atoms with Gasteiger partial charge < -0.3 is 15.2 Å². The number of rotatable bonds is 7. The average molecular weight is 388 g/mol. The predicted molar refractivity (Wildman–Crippen MR) is 100 cm³/mol. The monoisotopic (exact) mass is 387 g/mol. The molecule has 2 N–H and O–H groups in total. The molecule has 0 saturated carbocycles. The third-order valence-corrected chi connectivity index (χ3v) is 6.42. The van der Waals surface area contributed by atoms with Crippen LogP contribution in [0.3, 0.4) is 0 Å². The molecule has 0 aliphatic carbocycles. The summed E-state index contributed by atoms with van der Waals surface area (Å²) < 4.78 is 37.1. The summed E-state index contributed by atoms with van der Waals surface area (Å²) in [5.41, 5.74) is 6.80. The number of hydrogen-bond acceptors (Lipinski definition) is 6. The van der Waals surface area contributed by atoms with Gasteiger partial charge in [-0.15, -0.1) is 0 Å². The lowest BCUT2D eigenvalue weighted by Crippen LogP contribution is -2.40. The molecule has 1 heterocycles. The van der Waals surface area contributed by atoms with Crippen molar-refractivity contribution in [3.05, 3.63) is 29.8 Å². The molecule has 1 aromatic carbocycles. The second-order valence-electron chi connectivity index (χ2n) is 5.72. The summed E-state index contributed by atoms with van der Waals surface area (Å²) in [6, 6.07) is 6.95. The highest BCUT2D eigenvalue weighted by molar-refractivity contribution is 8.13. The van der Waals surface area contributed by atoms with Gasteiger partial charge in [0.2, 0.25) is 10.0 Å². The Balaban J connectivity index is 2.03. The quantitative estimate of drug-likeness (QED) is 0.560. The molecule has 1 aliphatic heterocycles. The fourth-order valence-corrected chi connectivity index (χ4v) is 4.65. The molecule has 1 atom stereocenters. The van der Waals surface area contributed by atoms with Crippen LogP contribution < -0.4 is 5.73 Å². The molecule has 1 aromatic rings. The second-order valence-corrected chi connectivity index (χ2v) is 8.66. The molecule has 1 saturated heterocycles. The summed E-state index contributed by atoms with van der Waals surface area (Å²) in [6.07, 6.45) is 0. The van der Waals surface area contributed by atoms with Crippen LogP contribution in [0.5, 0.6) is 0 Å². The topological polar surface area (TPSA) is 94.2 Å². The van der Waals surface area contributed by atoms with Crippen molar-refractivity contribution >= 4 is 27.0 Å². The molecule has 7 nitrogen and oxygen atoms in total. The molecule has 0 radical (unpaired) electrons. The number of aliphatic imine (C=N–C) groups is 1. The van der Waals surface area contributed by atoms with Gasteiger partial charge in [0.05, 0.1) is 30.8 Å². The number of hydrogen-bond donors (Lipinski definition) is 1. The normalized spacial score (nSPS) is 18.2. The van der Waals surface area contributed by atoms with E-state index in [1.807, 2.05) is 13.0 Å². The van der Waals surface area contributed by atoms with E-state index in [1.165, 1.54) is 16.1 Å². The molecule has 0 spiro atoms. The van der Waals surface area contributed by atoms with Crippen LogP contribution in [-0.2, 0) is 25.2 Å². The fraction of sp³-hybridized carbons (Fsp3) is 0.562. The lowest BCUT2D eigenvalue weighted by molar-refractivity contribution is 0.0730. The zero-order valence-corrected chi connectivity index (χ0v) is 16.2. The number of sulfonamides is 1. The van der Waals surface area contributed by atoms with Crippen LogP contribution in [-0.4, -0.2) is 64.0 Å². The van der Waals surface area contributed by atoms with Crippen molar-refractivity contribution in [2.24, 2.45) is 10.7 Å². The number of ether oxygens (including phenoxy) is 2. The highest BCUT2D eigenvalue weighted by atomic mass is 32.2. The smallest absolute Gasteiger partial charge is 0.243 e. The fourth-order valence-electron chi connectivity index (χ4n) is 2.42. The Morgan fingerprint density at radius 1 is 1.44 bits per heavy atom. The molecule has 140 valence electrons. The van der Waals surface area contributed by atoms with Gasteiger partial charge in [-0.1, -0.05) is 23.9 Å². The van der Waals surface area contributed by atoms with E-state index < -0.39 is 10.0 Å². The predicted octanol–water partition coefficient (Wildman–Crippen LogP) is 1.29. The minimum atomic E-state index is -3.48. The second kappa shape index (κ2) is 9.54. The van der Waals surface area contributed by atoms with Gasteiger partial charge in [-0.3, -0.25) is 4.99 Å². The van der Waals surface area contributed by atoms with Gasteiger partial charge in [-0.25, -0.2) is 8.42 Å². The maximum atomic E-state index is 12.7. The summed E-state index contributed by atoms with van der Waals surface area (Å²) >= 11 is 1.38. The van der Waals surface area contributed by atoms with Gasteiger partial charge in [-0.05, 0) is 24.6 Å². The first-order valence-electron chi connectivity index (χ1n) is 8.05.